The highest BCUT2D eigenvalue weighted by Gasteiger charge is 2.36. The molecule has 0 amide bonds. The molecule has 1 N–H and O–H groups in total. The van der Waals surface area contributed by atoms with Gasteiger partial charge in [0.05, 0.1) is 16.5 Å². The largest absolute Gasteiger partial charge is 0.463 e. The van der Waals surface area contributed by atoms with Crippen molar-refractivity contribution in [1.29, 1.82) is 5.26 Å². The number of benzene rings is 1. The van der Waals surface area contributed by atoms with Crippen molar-refractivity contribution >= 4 is 39.2 Å². The molecule has 1 heterocycles. The molecule has 1 aromatic carbocycles. The fourth-order valence-corrected chi connectivity index (χ4v) is 4.64. The van der Waals surface area contributed by atoms with Gasteiger partial charge in [0.2, 0.25) is 10.0 Å². The Morgan fingerprint density at radius 1 is 1.41 bits per heavy atom. The molecule has 7 nitrogen and oxygen atoms in total. The summed E-state index contributed by atoms with van der Waals surface area (Å²) in [7, 11) is -3.92. The minimum Gasteiger partial charge on any atom is -0.463 e. The fraction of sp³-hybridized carbons (Fsp3) is 0.529. The van der Waals surface area contributed by atoms with Gasteiger partial charge in [-0.15, -0.1) is 0 Å². The number of nitrogens with one attached hydrogen (secondary N) is 1. The van der Waals surface area contributed by atoms with Gasteiger partial charge in [-0.3, -0.25) is 4.79 Å². The van der Waals surface area contributed by atoms with Crippen molar-refractivity contribution < 1.29 is 17.9 Å². The van der Waals surface area contributed by atoms with Crippen LogP contribution < -0.4 is 4.72 Å². The zero-order valence-electron chi connectivity index (χ0n) is 15.2. The Balaban J connectivity index is 2.07. The zero-order valence-corrected chi connectivity index (χ0v) is 17.5. The molecular formula is C17H21Cl2N3O4S. The zero-order chi connectivity index (χ0) is 20.4. The monoisotopic (exact) mass is 433 g/mol. The molecule has 0 radical (unpaired) electrons. The Bertz CT molecular complexity index is 862. The average Bonchev–Trinajstić information content (AvgIpc) is 2.94. The van der Waals surface area contributed by atoms with Gasteiger partial charge in [-0.25, -0.2) is 13.1 Å². The number of halogens is 2. The van der Waals surface area contributed by atoms with Crippen LogP contribution in [0.1, 0.15) is 27.2 Å². The maximum Gasteiger partial charge on any atom is 0.311 e. The number of hydrogen-bond acceptors (Lipinski definition) is 6. The molecule has 2 atom stereocenters. The van der Waals surface area contributed by atoms with Crippen LogP contribution in [0, 0.1) is 16.9 Å². The number of carbonyl (C=O) groups excluding carboxylic acids is 1. The number of nitrogens with zero attached hydrogens (tertiary/aromatic N) is 2. The minimum atomic E-state index is -3.92. The molecule has 0 aliphatic carbocycles. The fourth-order valence-electron chi connectivity index (χ4n) is 2.64. The van der Waals surface area contributed by atoms with Gasteiger partial charge in [0.1, 0.15) is 11.5 Å². The topological polar surface area (TPSA) is 99.5 Å². The molecule has 2 rings (SSSR count). The van der Waals surface area contributed by atoms with Gasteiger partial charge in [-0.2, -0.15) is 5.26 Å². The third-order valence-electron chi connectivity index (χ3n) is 4.07. The summed E-state index contributed by atoms with van der Waals surface area (Å²) in [4.78, 5) is 13.2. The first-order chi connectivity index (χ1) is 12.4. The molecule has 0 aromatic heterocycles. The molecule has 1 saturated heterocycles. The summed E-state index contributed by atoms with van der Waals surface area (Å²) in [5.41, 5.74) is -0.652. The van der Waals surface area contributed by atoms with Crippen molar-refractivity contribution in [3.63, 3.8) is 0 Å². The highest BCUT2D eigenvalue weighted by molar-refractivity contribution is 7.89. The predicted octanol–water partition coefficient (Wildman–Crippen LogP) is 2.78. The highest BCUT2D eigenvalue weighted by atomic mass is 35.5. The van der Waals surface area contributed by atoms with Gasteiger partial charge in [-0.05, 0) is 45.4 Å². The maximum absolute atomic E-state index is 12.6. The smallest absolute Gasteiger partial charge is 0.311 e. The van der Waals surface area contributed by atoms with E-state index in [0.717, 1.165) is 0 Å². The van der Waals surface area contributed by atoms with Crippen LogP contribution in [0.2, 0.25) is 10.0 Å². The van der Waals surface area contributed by atoms with E-state index in [0.29, 0.717) is 6.42 Å². The number of carbonyl (C=O) groups is 1. The van der Waals surface area contributed by atoms with Crippen LogP contribution in [0.25, 0.3) is 0 Å². The van der Waals surface area contributed by atoms with E-state index in [2.05, 4.69) is 4.72 Å². The van der Waals surface area contributed by atoms with Gasteiger partial charge >= 0.3 is 5.97 Å². The van der Waals surface area contributed by atoms with Crippen molar-refractivity contribution in [2.24, 2.45) is 5.41 Å². The van der Waals surface area contributed by atoms with E-state index >= 15 is 0 Å². The van der Waals surface area contributed by atoms with Crippen molar-refractivity contribution in [1.82, 2.24) is 9.62 Å². The SMILES string of the molecule is CC(C)(C)C(=O)OC[C@H]1C[C@@H](NS(=O)(=O)c2cc(Cl)ccc2Cl)CN1C#N. The number of likely N-dealkylation sites (tertiary alicyclic amines) is 1. The normalized spacial score (nSPS) is 20.4. The number of sulfonamides is 1. The van der Waals surface area contributed by atoms with E-state index in [1.54, 1.807) is 20.8 Å². The molecule has 0 unspecified atom stereocenters. The molecule has 148 valence electrons. The first kappa shape index (κ1) is 21.8. The average molecular weight is 434 g/mol. The first-order valence-electron chi connectivity index (χ1n) is 8.25. The number of esters is 1. The summed E-state index contributed by atoms with van der Waals surface area (Å²) in [6, 6.07) is 3.25. The van der Waals surface area contributed by atoms with Gasteiger partial charge in [-0.1, -0.05) is 23.2 Å². The van der Waals surface area contributed by atoms with Crippen molar-refractivity contribution in [3.05, 3.63) is 28.2 Å². The van der Waals surface area contributed by atoms with Crippen molar-refractivity contribution in [2.75, 3.05) is 13.2 Å². The Morgan fingerprint density at radius 2 is 2.07 bits per heavy atom. The molecule has 1 aliphatic heterocycles. The van der Waals surface area contributed by atoms with Crippen LogP contribution in [0.3, 0.4) is 0 Å². The summed E-state index contributed by atoms with van der Waals surface area (Å²) in [5.74, 6) is -0.380. The quantitative estimate of drug-likeness (QED) is 0.565. The van der Waals surface area contributed by atoms with E-state index in [1.807, 2.05) is 6.19 Å². The molecule has 27 heavy (non-hydrogen) atoms. The predicted molar refractivity (Wildman–Crippen MR) is 102 cm³/mol. The maximum atomic E-state index is 12.6. The van der Waals surface area contributed by atoms with Gasteiger partial charge in [0.25, 0.3) is 0 Å². The van der Waals surface area contributed by atoms with E-state index in [9.17, 15) is 18.5 Å². The molecule has 0 bridgehead atoms. The Hall–Kier alpha value is -1.53. The standard InChI is InChI=1S/C17H21Cl2N3O4S/c1-17(2,3)16(23)26-9-13-7-12(8-22(13)10-20)21-27(24,25)15-6-11(18)4-5-14(15)19/h4-6,12-13,21H,7-9H2,1-3H3/t12-,13-/m1/s1. The summed E-state index contributed by atoms with van der Waals surface area (Å²) in [5, 5.41) is 9.60. The lowest BCUT2D eigenvalue weighted by molar-refractivity contribution is -0.154. The summed E-state index contributed by atoms with van der Waals surface area (Å²) in [6.07, 6.45) is 2.33. The second kappa shape index (κ2) is 8.23. The summed E-state index contributed by atoms with van der Waals surface area (Å²) < 4.78 is 33.1. The Kier molecular flexibility index (Phi) is 6.63. The van der Waals surface area contributed by atoms with Gasteiger partial charge < -0.3 is 9.64 Å². The molecule has 0 saturated carbocycles. The molecule has 0 spiro atoms. The van der Waals surface area contributed by atoms with Crippen LogP contribution in [0.4, 0.5) is 0 Å². The number of ether oxygens (including phenoxy) is 1. The van der Waals surface area contributed by atoms with Gasteiger partial charge in [0, 0.05) is 17.6 Å². The third kappa shape index (κ3) is 5.48. The van der Waals surface area contributed by atoms with Crippen molar-refractivity contribution in [3.8, 4) is 6.19 Å². The molecule has 10 heteroatoms. The molecule has 1 aromatic rings. The lowest BCUT2D eigenvalue weighted by Crippen LogP contribution is -2.36. The molecule has 1 aliphatic rings. The number of rotatable bonds is 5. The van der Waals surface area contributed by atoms with E-state index < -0.39 is 27.5 Å². The highest BCUT2D eigenvalue weighted by Crippen LogP contribution is 2.27. The van der Waals surface area contributed by atoms with Crippen LogP contribution >= 0.6 is 23.2 Å². The summed E-state index contributed by atoms with van der Waals surface area (Å²) >= 11 is 11.8. The number of hydrogen-bond donors (Lipinski definition) is 1. The van der Waals surface area contributed by atoms with Crippen LogP contribution in [-0.4, -0.2) is 44.5 Å². The van der Waals surface area contributed by atoms with Crippen LogP contribution in [0.15, 0.2) is 23.1 Å². The first-order valence-corrected chi connectivity index (χ1v) is 10.5. The lowest BCUT2D eigenvalue weighted by atomic mass is 9.97. The van der Waals surface area contributed by atoms with Crippen LogP contribution in [0.5, 0.6) is 0 Å². The molecular weight excluding hydrogens is 413 g/mol. The van der Waals surface area contributed by atoms with E-state index in [-0.39, 0.29) is 34.1 Å². The van der Waals surface area contributed by atoms with Crippen LogP contribution in [-0.2, 0) is 19.6 Å². The summed E-state index contributed by atoms with van der Waals surface area (Å²) in [6.45, 7) is 5.39. The minimum absolute atomic E-state index is 0.0137. The Labute approximate surface area is 169 Å². The van der Waals surface area contributed by atoms with Crippen molar-refractivity contribution in [2.45, 2.75) is 44.2 Å². The second-order valence-electron chi connectivity index (χ2n) is 7.38. The lowest BCUT2D eigenvalue weighted by Gasteiger charge is -2.21. The van der Waals surface area contributed by atoms with E-state index in [4.69, 9.17) is 27.9 Å². The van der Waals surface area contributed by atoms with Gasteiger partial charge in [0.15, 0.2) is 6.19 Å². The van der Waals surface area contributed by atoms with E-state index in [1.165, 1.54) is 23.1 Å². The second-order valence-corrected chi connectivity index (χ2v) is 9.91. The Morgan fingerprint density at radius 3 is 2.67 bits per heavy atom. The molecule has 1 fully saturated rings. The third-order valence-corrected chi connectivity index (χ3v) is 6.30. The number of nitriles is 1.